The molecule has 0 aromatic heterocycles. The van der Waals surface area contributed by atoms with Crippen LogP contribution in [0.4, 0.5) is 15.8 Å². The highest BCUT2D eigenvalue weighted by Gasteiger charge is 2.31. The van der Waals surface area contributed by atoms with E-state index in [0.29, 0.717) is 18.5 Å². The first kappa shape index (κ1) is 21.0. The topological polar surface area (TPSA) is 83.6 Å². The van der Waals surface area contributed by atoms with Crippen molar-refractivity contribution in [3.63, 3.8) is 0 Å². The average Bonchev–Trinajstić information content (AvgIpc) is 3.02. The van der Waals surface area contributed by atoms with E-state index in [9.17, 15) is 22.4 Å². The molecule has 0 saturated carbocycles. The fourth-order valence-electron chi connectivity index (χ4n) is 3.45. The van der Waals surface area contributed by atoms with Crippen LogP contribution < -0.4 is 10.2 Å². The summed E-state index contributed by atoms with van der Waals surface area (Å²) < 4.78 is 38.3. The molecule has 2 aromatic rings. The fraction of sp³-hybridized carbons (Fsp3) is 0.333. The highest BCUT2D eigenvalue weighted by atomic mass is 32.2. The smallest absolute Gasteiger partial charge is 0.226 e. The lowest BCUT2D eigenvalue weighted by Crippen LogP contribution is -2.35. The van der Waals surface area contributed by atoms with E-state index < -0.39 is 21.6 Å². The van der Waals surface area contributed by atoms with E-state index in [0.717, 1.165) is 11.3 Å². The van der Waals surface area contributed by atoms with Gasteiger partial charge < -0.3 is 10.2 Å². The molecule has 154 valence electrons. The largest absolute Gasteiger partial charge is 0.326 e. The molecule has 2 aromatic carbocycles. The molecule has 8 heteroatoms. The van der Waals surface area contributed by atoms with E-state index in [1.165, 1.54) is 30.3 Å². The van der Waals surface area contributed by atoms with Crippen molar-refractivity contribution in [2.24, 2.45) is 0 Å². The molecule has 0 radical (unpaired) electrons. The minimum absolute atomic E-state index is 0.00400. The number of hydrogen-bond acceptors (Lipinski definition) is 4. The summed E-state index contributed by atoms with van der Waals surface area (Å²) in [5, 5.41) is 2.55. The summed E-state index contributed by atoms with van der Waals surface area (Å²) in [6.45, 7) is 3.73. The summed E-state index contributed by atoms with van der Waals surface area (Å²) in [4.78, 5) is 26.1. The number of halogens is 1. The van der Waals surface area contributed by atoms with Gasteiger partial charge in [0, 0.05) is 30.3 Å². The predicted octanol–water partition coefficient (Wildman–Crippen LogP) is 3.32. The highest BCUT2D eigenvalue weighted by Crippen LogP contribution is 2.34. The maximum Gasteiger partial charge on any atom is 0.226 e. The molecule has 0 aliphatic carbocycles. The van der Waals surface area contributed by atoms with Gasteiger partial charge in [0.2, 0.25) is 11.8 Å². The second-order valence-corrected chi connectivity index (χ2v) is 9.19. The first-order chi connectivity index (χ1) is 13.7. The standard InChI is InChI=1S/C21H23FN2O4S/c1-3-21(26)24-14(2)12-15-13-18(8-9-19(15)24)29(27,28)11-10-20(25)23-17-6-4-16(22)5-7-17/h4-9,13-14H,3,10-12H2,1-2H3,(H,23,25). The quantitative estimate of drug-likeness (QED) is 0.780. The summed E-state index contributed by atoms with van der Waals surface area (Å²) >= 11 is 0. The number of hydrogen-bond donors (Lipinski definition) is 1. The number of rotatable bonds is 6. The molecular formula is C21H23FN2O4S. The van der Waals surface area contributed by atoms with Crippen molar-refractivity contribution in [2.75, 3.05) is 16.0 Å². The summed E-state index contributed by atoms with van der Waals surface area (Å²) in [6.07, 6.45) is 0.760. The van der Waals surface area contributed by atoms with Gasteiger partial charge in [-0.05, 0) is 61.4 Å². The van der Waals surface area contributed by atoms with Gasteiger partial charge in [-0.2, -0.15) is 0 Å². The van der Waals surface area contributed by atoms with Crippen molar-refractivity contribution in [3.05, 3.63) is 53.8 Å². The zero-order chi connectivity index (χ0) is 21.2. The Balaban J connectivity index is 1.69. The van der Waals surface area contributed by atoms with Gasteiger partial charge in [-0.25, -0.2) is 12.8 Å². The molecule has 0 spiro atoms. The van der Waals surface area contributed by atoms with Gasteiger partial charge >= 0.3 is 0 Å². The summed E-state index contributed by atoms with van der Waals surface area (Å²) in [6, 6.07) is 9.98. The molecule has 0 fully saturated rings. The van der Waals surface area contributed by atoms with Crippen LogP contribution in [0, 0.1) is 5.82 Å². The number of benzene rings is 2. The number of amides is 2. The van der Waals surface area contributed by atoms with Gasteiger partial charge in [0.05, 0.1) is 10.6 Å². The van der Waals surface area contributed by atoms with E-state index in [-0.39, 0.29) is 29.0 Å². The molecule has 1 unspecified atom stereocenters. The summed E-state index contributed by atoms with van der Waals surface area (Å²) in [5.74, 6) is -1.22. The molecule has 0 bridgehead atoms. The number of nitrogens with zero attached hydrogens (tertiary/aromatic N) is 1. The van der Waals surface area contributed by atoms with Crippen molar-refractivity contribution < 1.29 is 22.4 Å². The van der Waals surface area contributed by atoms with Gasteiger partial charge in [0.25, 0.3) is 0 Å². The maximum atomic E-state index is 12.9. The zero-order valence-electron chi connectivity index (χ0n) is 16.3. The Morgan fingerprint density at radius 2 is 1.86 bits per heavy atom. The van der Waals surface area contributed by atoms with Crippen molar-refractivity contribution >= 4 is 33.0 Å². The van der Waals surface area contributed by atoms with Crippen LogP contribution in [-0.4, -0.2) is 32.0 Å². The summed E-state index contributed by atoms with van der Waals surface area (Å²) in [7, 11) is -3.66. The third-order valence-electron chi connectivity index (χ3n) is 4.92. The molecule has 1 atom stereocenters. The van der Waals surface area contributed by atoms with Crippen LogP contribution in [-0.2, 0) is 25.8 Å². The number of fused-ring (bicyclic) bond motifs is 1. The minimum Gasteiger partial charge on any atom is -0.326 e. The van der Waals surface area contributed by atoms with Crippen LogP contribution in [0.2, 0.25) is 0 Å². The first-order valence-electron chi connectivity index (χ1n) is 9.44. The average molecular weight is 418 g/mol. The first-order valence-corrected chi connectivity index (χ1v) is 11.1. The van der Waals surface area contributed by atoms with E-state index in [1.54, 1.807) is 24.0 Å². The van der Waals surface area contributed by atoms with E-state index in [2.05, 4.69) is 5.32 Å². The third-order valence-corrected chi connectivity index (χ3v) is 6.64. The number of carbonyl (C=O) groups excluding carboxylic acids is 2. The van der Waals surface area contributed by atoms with E-state index >= 15 is 0 Å². The Bertz CT molecular complexity index is 1040. The molecule has 1 N–H and O–H groups in total. The fourth-order valence-corrected chi connectivity index (χ4v) is 4.74. The maximum absolute atomic E-state index is 12.9. The molecule has 6 nitrogen and oxygen atoms in total. The van der Waals surface area contributed by atoms with Crippen molar-refractivity contribution in [1.29, 1.82) is 0 Å². The van der Waals surface area contributed by atoms with Crippen molar-refractivity contribution in [3.8, 4) is 0 Å². The van der Waals surface area contributed by atoms with Gasteiger partial charge in [-0.3, -0.25) is 9.59 Å². The Morgan fingerprint density at radius 3 is 2.52 bits per heavy atom. The number of carbonyl (C=O) groups is 2. The Kier molecular flexibility index (Phi) is 6.02. The normalized spacial score (nSPS) is 15.8. The molecule has 2 amide bonds. The van der Waals surface area contributed by atoms with Crippen LogP contribution in [0.3, 0.4) is 0 Å². The second-order valence-electron chi connectivity index (χ2n) is 7.08. The lowest BCUT2D eigenvalue weighted by atomic mass is 10.1. The monoisotopic (exact) mass is 418 g/mol. The number of sulfone groups is 1. The van der Waals surface area contributed by atoms with Crippen LogP contribution in [0.25, 0.3) is 0 Å². The number of nitrogens with one attached hydrogen (secondary N) is 1. The van der Waals surface area contributed by atoms with Crippen molar-refractivity contribution in [2.45, 2.75) is 44.0 Å². The minimum atomic E-state index is -3.66. The van der Waals surface area contributed by atoms with Crippen LogP contribution in [0.15, 0.2) is 47.4 Å². The van der Waals surface area contributed by atoms with E-state index in [1.807, 2.05) is 6.92 Å². The Labute approximate surface area is 169 Å². The molecule has 29 heavy (non-hydrogen) atoms. The lowest BCUT2D eigenvalue weighted by molar-refractivity contribution is -0.118. The van der Waals surface area contributed by atoms with Gasteiger partial charge in [-0.1, -0.05) is 6.92 Å². The molecule has 1 aliphatic heterocycles. The van der Waals surface area contributed by atoms with Crippen LogP contribution in [0.5, 0.6) is 0 Å². The third kappa shape index (κ3) is 4.64. The van der Waals surface area contributed by atoms with Gasteiger partial charge in [0.15, 0.2) is 9.84 Å². The molecular weight excluding hydrogens is 395 g/mol. The molecule has 1 aliphatic rings. The Morgan fingerprint density at radius 1 is 1.17 bits per heavy atom. The van der Waals surface area contributed by atoms with Crippen LogP contribution in [0.1, 0.15) is 32.3 Å². The highest BCUT2D eigenvalue weighted by molar-refractivity contribution is 7.91. The second kappa shape index (κ2) is 8.32. The zero-order valence-corrected chi connectivity index (χ0v) is 17.1. The molecule has 1 heterocycles. The lowest BCUT2D eigenvalue weighted by Gasteiger charge is -2.22. The van der Waals surface area contributed by atoms with Crippen molar-refractivity contribution in [1.82, 2.24) is 0 Å². The predicted molar refractivity (Wildman–Crippen MR) is 109 cm³/mol. The van der Waals surface area contributed by atoms with Crippen LogP contribution >= 0.6 is 0 Å². The summed E-state index contributed by atoms with van der Waals surface area (Å²) in [5.41, 5.74) is 1.97. The number of anilines is 2. The van der Waals surface area contributed by atoms with Gasteiger partial charge in [0.1, 0.15) is 5.82 Å². The Hall–Kier alpha value is -2.74. The molecule has 3 rings (SSSR count). The van der Waals surface area contributed by atoms with E-state index in [4.69, 9.17) is 0 Å². The van der Waals surface area contributed by atoms with Gasteiger partial charge in [-0.15, -0.1) is 0 Å². The SMILES string of the molecule is CCC(=O)N1c2ccc(S(=O)(=O)CCC(=O)Nc3ccc(F)cc3)cc2CC1C. The molecule has 0 saturated heterocycles.